The summed E-state index contributed by atoms with van der Waals surface area (Å²) in [5.74, 6) is 2.56. The van der Waals surface area contributed by atoms with Crippen LogP contribution in [0.25, 0.3) is 0 Å². The largest absolute Gasteiger partial charge is 0.508 e. The van der Waals surface area contributed by atoms with Crippen LogP contribution in [0.5, 0.6) is 5.75 Å². The molecule has 0 aliphatic heterocycles. The maximum Gasteiger partial charge on any atom is 0.506 e. The van der Waals surface area contributed by atoms with Gasteiger partial charge in [0.2, 0.25) is 0 Å². The first-order valence-corrected chi connectivity index (χ1v) is 9.11. The normalized spacial score (nSPS) is 40.3. The molecule has 1 aromatic rings. The zero-order valence-electron chi connectivity index (χ0n) is 14.4. The van der Waals surface area contributed by atoms with E-state index in [1.807, 2.05) is 12.1 Å². The lowest BCUT2D eigenvalue weighted by Crippen LogP contribution is -2.47. The first kappa shape index (κ1) is 15.8. The average Bonchev–Trinajstić information content (AvgIpc) is 2.83. The zero-order valence-corrected chi connectivity index (χ0v) is 14.4. The summed E-state index contributed by atoms with van der Waals surface area (Å²) in [6.45, 7) is 4.56. The van der Waals surface area contributed by atoms with Gasteiger partial charge in [0, 0.05) is 5.41 Å². The van der Waals surface area contributed by atoms with Gasteiger partial charge in [0.25, 0.3) is 0 Å². The Bertz CT molecular complexity index is 670. The van der Waals surface area contributed by atoms with Crippen LogP contribution in [0.1, 0.15) is 56.6 Å². The molecule has 0 radical (unpaired) electrons. The highest BCUT2D eigenvalue weighted by molar-refractivity contribution is 5.57. The van der Waals surface area contributed by atoms with Gasteiger partial charge < -0.3 is 14.9 Å². The summed E-state index contributed by atoms with van der Waals surface area (Å²) in [6.07, 6.45) is 3.72. The topological polar surface area (TPSA) is 66.8 Å². The molecule has 4 nitrogen and oxygen atoms in total. The lowest BCUT2D eigenvalue weighted by atomic mass is 9.53. The van der Waals surface area contributed by atoms with Crippen LogP contribution < -0.4 is 0 Å². The summed E-state index contributed by atoms with van der Waals surface area (Å²) in [4.78, 5) is 11.1. The van der Waals surface area contributed by atoms with E-state index in [4.69, 9.17) is 9.84 Å². The third-order valence-electron chi connectivity index (χ3n) is 7.21. The van der Waals surface area contributed by atoms with E-state index in [1.54, 1.807) is 0 Å². The van der Waals surface area contributed by atoms with Crippen molar-refractivity contribution in [1.82, 2.24) is 0 Å². The summed E-state index contributed by atoms with van der Waals surface area (Å²) in [6, 6.07) is 5.85. The van der Waals surface area contributed by atoms with Crippen LogP contribution in [0.3, 0.4) is 0 Å². The van der Waals surface area contributed by atoms with Gasteiger partial charge in [-0.15, -0.1) is 0 Å². The minimum atomic E-state index is -1.14. The average molecular weight is 330 g/mol. The Morgan fingerprint density at radius 1 is 1.29 bits per heavy atom. The van der Waals surface area contributed by atoms with Gasteiger partial charge in [-0.05, 0) is 79.0 Å². The van der Waals surface area contributed by atoms with Crippen LogP contribution in [0.4, 0.5) is 4.79 Å². The van der Waals surface area contributed by atoms with Gasteiger partial charge in [-0.2, -0.15) is 0 Å². The number of rotatable bonds is 1. The van der Waals surface area contributed by atoms with Crippen LogP contribution >= 0.6 is 0 Å². The molecule has 0 spiro atoms. The standard InChI is InChI=1S/C20H26O4/c1-11-9-12-10-13(21)3-4-14(12)15-7-8-20(2)16(18(11)15)5-6-17(20)24-19(22)23/h3-4,10-11,15-18,21H,5-9H2,1-2H3,(H,22,23). The maximum atomic E-state index is 11.1. The van der Waals surface area contributed by atoms with Crippen molar-refractivity contribution in [2.45, 2.75) is 58.0 Å². The summed E-state index contributed by atoms with van der Waals surface area (Å²) in [5.41, 5.74) is 2.67. The number of benzene rings is 1. The van der Waals surface area contributed by atoms with Crippen molar-refractivity contribution in [3.05, 3.63) is 29.3 Å². The number of hydrogen-bond donors (Lipinski definition) is 2. The van der Waals surface area contributed by atoms with Crippen LogP contribution in [0, 0.1) is 23.2 Å². The molecule has 0 amide bonds. The summed E-state index contributed by atoms with van der Waals surface area (Å²) < 4.78 is 5.27. The molecule has 2 fully saturated rings. The molecule has 0 bridgehead atoms. The number of aromatic hydroxyl groups is 1. The highest BCUT2D eigenvalue weighted by Gasteiger charge is 2.57. The lowest BCUT2D eigenvalue weighted by Gasteiger charge is -2.52. The Kier molecular flexibility index (Phi) is 3.55. The van der Waals surface area contributed by atoms with Crippen molar-refractivity contribution in [2.75, 3.05) is 0 Å². The molecule has 4 rings (SSSR count). The fraction of sp³-hybridized carbons (Fsp3) is 0.650. The van der Waals surface area contributed by atoms with Gasteiger partial charge >= 0.3 is 6.16 Å². The monoisotopic (exact) mass is 330 g/mol. The number of hydrogen-bond acceptors (Lipinski definition) is 3. The van der Waals surface area contributed by atoms with Gasteiger partial charge in [0.1, 0.15) is 11.9 Å². The number of phenolic OH excluding ortho intramolecular Hbond substituents is 1. The third-order valence-corrected chi connectivity index (χ3v) is 7.21. The van der Waals surface area contributed by atoms with E-state index < -0.39 is 6.16 Å². The Morgan fingerprint density at radius 2 is 2.08 bits per heavy atom. The molecular weight excluding hydrogens is 304 g/mol. The highest BCUT2D eigenvalue weighted by atomic mass is 16.7. The van der Waals surface area contributed by atoms with Crippen molar-refractivity contribution in [2.24, 2.45) is 23.2 Å². The van der Waals surface area contributed by atoms with Crippen molar-refractivity contribution >= 4 is 6.16 Å². The van der Waals surface area contributed by atoms with Crippen LogP contribution in [-0.2, 0) is 11.2 Å². The molecule has 2 N–H and O–H groups in total. The summed E-state index contributed by atoms with van der Waals surface area (Å²) in [7, 11) is 0. The number of fused-ring (bicyclic) bond motifs is 5. The van der Waals surface area contributed by atoms with E-state index in [0.717, 1.165) is 32.1 Å². The number of ether oxygens (including phenoxy) is 1. The van der Waals surface area contributed by atoms with E-state index >= 15 is 0 Å². The SMILES string of the molecule is CC1Cc2cc(O)ccc2C2CCC3(C)C(OC(=O)O)CCC3C12. The van der Waals surface area contributed by atoms with Crippen LogP contribution in [-0.4, -0.2) is 22.5 Å². The Balaban J connectivity index is 1.68. The molecular formula is C20H26O4. The van der Waals surface area contributed by atoms with Gasteiger partial charge in [-0.3, -0.25) is 0 Å². The van der Waals surface area contributed by atoms with Gasteiger partial charge in [0.05, 0.1) is 0 Å². The lowest BCUT2D eigenvalue weighted by molar-refractivity contribution is -0.0542. The first-order chi connectivity index (χ1) is 11.4. The molecule has 6 atom stereocenters. The second-order valence-electron chi connectivity index (χ2n) is 8.35. The first-order valence-electron chi connectivity index (χ1n) is 9.11. The second-order valence-corrected chi connectivity index (χ2v) is 8.35. The number of carboxylic acid groups (broad SMARTS) is 1. The van der Waals surface area contributed by atoms with E-state index in [2.05, 4.69) is 19.9 Å². The fourth-order valence-corrected chi connectivity index (χ4v) is 6.23. The molecule has 4 heteroatoms. The number of phenols is 1. The molecule has 0 heterocycles. The van der Waals surface area contributed by atoms with Crippen LogP contribution in [0.15, 0.2) is 18.2 Å². The Morgan fingerprint density at radius 3 is 2.83 bits per heavy atom. The van der Waals surface area contributed by atoms with E-state index in [9.17, 15) is 9.90 Å². The molecule has 3 aliphatic rings. The minimum absolute atomic E-state index is 0.0256. The maximum absolute atomic E-state index is 11.1. The molecule has 0 aromatic heterocycles. The van der Waals surface area contributed by atoms with Crippen LogP contribution in [0.2, 0.25) is 0 Å². The summed E-state index contributed by atoms with van der Waals surface area (Å²) >= 11 is 0. The van der Waals surface area contributed by atoms with Crippen molar-refractivity contribution in [1.29, 1.82) is 0 Å². The molecule has 1 aromatic carbocycles. The number of carbonyl (C=O) groups is 1. The zero-order chi connectivity index (χ0) is 17.1. The van der Waals surface area contributed by atoms with Crippen molar-refractivity contribution in [3.63, 3.8) is 0 Å². The van der Waals surface area contributed by atoms with Crippen molar-refractivity contribution < 1.29 is 19.7 Å². The molecule has 0 saturated heterocycles. The van der Waals surface area contributed by atoms with E-state index in [1.165, 1.54) is 11.1 Å². The highest BCUT2D eigenvalue weighted by Crippen LogP contribution is 2.62. The van der Waals surface area contributed by atoms with Gasteiger partial charge in [-0.1, -0.05) is 19.9 Å². The molecule has 130 valence electrons. The molecule has 3 aliphatic carbocycles. The Labute approximate surface area is 142 Å². The fourth-order valence-electron chi connectivity index (χ4n) is 6.23. The van der Waals surface area contributed by atoms with E-state index in [-0.39, 0.29) is 11.5 Å². The molecule has 6 unspecified atom stereocenters. The third kappa shape index (κ3) is 2.22. The van der Waals surface area contributed by atoms with Gasteiger partial charge in [-0.25, -0.2) is 4.79 Å². The molecule has 24 heavy (non-hydrogen) atoms. The predicted molar refractivity (Wildman–Crippen MR) is 90.2 cm³/mol. The second kappa shape index (κ2) is 5.40. The molecule has 2 saturated carbocycles. The minimum Gasteiger partial charge on any atom is -0.508 e. The Hall–Kier alpha value is -1.71. The summed E-state index contributed by atoms with van der Waals surface area (Å²) in [5, 5.41) is 18.9. The van der Waals surface area contributed by atoms with E-state index in [0.29, 0.717) is 29.4 Å². The quantitative estimate of drug-likeness (QED) is 0.741. The van der Waals surface area contributed by atoms with Gasteiger partial charge in [0.15, 0.2) is 0 Å². The predicted octanol–water partition coefficient (Wildman–Crippen LogP) is 4.56. The smallest absolute Gasteiger partial charge is 0.506 e. The van der Waals surface area contributed by atoms with Crippen molar-refractivity contribution in [3.8, 4) is 5.75 Å².